The van der Waals surface area contributed by atoms with Gasteiger partial charge < -0.3 is 10.1 Å². The fourth-order valence-electron chi connectivity index (χ4n) is 3.41. The molecule has 1 aromatic rings. The number of thioether (sulfide) groups is 1. The number of nitrogens with one attached hydrogen (secondary N) is 1. The van der Waals surface area contributed by atoms with Crippen LogP contribution in [-0.2, 0) is 4.74 Å². The van der Waals surface area contributed by atoms with Crippen LogP contribution in [0.3, 0.4) is 0 Å². The van der Waals surface area contributed by atoms with E-state index in [1.807, 2.05) is 25.0 Å². The van der Waals surface area contributed by atoms with E-state index in [1.54, 1.807) is 0 Å². The Kier molecular flexibility index (Phi) is 4.70. The Morgan fingerprint density at radius 3 is 3.10 bits per heavy atom. The number of aromatic nitrogens is 1. The third-order valence-electron chi connectivity index (χ3n) is 4.45. The minimum Gasteiger partial charge on any atom is -0.374 e. The molecule has 0 radical (unpaired) electrons. The van der Waals surface area contributed by atoms with Gasteiger partial charge in [-0.1, -0.05) is 0 Å². The van der Waals surface area contributed by atoms with Gasteiger partial charge in [0.05, 0.1) is 17.3 Å². The van der Waals surface area contributed by atoms with Crippen molar-refractivity contribution < 1.29 is 4.74 Å². The monoisotopic (exact) mass is 356 g/mol. The lowest BCUT2D eigenvalue weighted by molar-refractivity contribution is -0.0852. The molecule has 3 rings (SSSR count). The summed E-state index contributed by atoms with van der Waals surface area (Å²) in [5.41, 5.74) is 1.28. The second-order valence-electron chi connectivity index (χ2n) is 5.75. The van der Waals surface area contributed by atoms with Crippen molar-refractivity contribution in [2.75, 3.05) is 25.2 Å². The van der Waals surface area contributed by atoms with Gasteiger partial charge in [0.1, 0.15) is 0 Å². The molecule has 1 spiro atoms. The van der Waals surface area contributed by atoms with Gasteiger partial charge in [-0.25, -0.2) is 0 Å². The van der Waals surface area contributed by atoms with Crippen molar-refractivity contribution >= 4 is 27.7 Å². The van der Waals surface area contributed by atoms with Gasteiger partial charge >= 0.3 is 0 Å². The van der Waals surface area contributed by atoms with Gasteiger partial charge in [0.25, 0.3) is 0 Å². The smallest absolute Gasteiger partial charge is 0.0783 e. The predicted octanol–water partition coefficient (Wildman–Crippen LogP) is 3.41. The summed E-state index contributed by atoms with van der Waals surface area (Å²) in [6.45, 7) is 0.889. The molecule has 3 nitrogen and oxygen atoms in total. The van der Waals surface area contributed by atoms with Crippen molar-refractivity contribution in [1.29, 1.82) is 0 Å². The largest absolute Gasteiger partial charge is 0.374 e. The van der Waals surface area contributed by atoms with E-state index in [0.717, 1.165) is 35.4 Å². The number of pyridine rings is 1. The summed E-state index contributed by atoms with van der Waals surface area (Å²) in [5, 5.41) is 3.47. The Labute approximate surface area is 133 Å². The molecule has 2 saturated heterocycles. The lowest BCUT2D eigenvalue weighted by atomic mass is 9.80. The van der Waals surface area contributed by atoms with E-state index in [4.69, 9.17) is 4.74 Å². The van der Waals surface area contributed by atoms with Crippen LogP contribution in [0.4, 0.5) is 0 Å². The standard InChI is InChI=1S/C15H21BrN2OS/c1-17-14(13-3-2-12(16)9-18-13)11-4-6-19-15(8-11)5-7-20-10-15/h2-3,9,11,14,17H,4-8,10H2,1H3. The Morgan fingerprint density at radius 2 is 2.45 bits per heavy atom. The van der Waals surface area contributed by atoms with Gasteiger partial charge in [-0.2, -0.15) is 11.8 Å². The number of halogens is 1. The van der Waals surface area contributed by atoms with E-state index < -0.39 is 0 Å². The van der Waals surface area contributed by atoms with Crippen LogP contribution in [-0.4, -0.2) is 35.7 Å². The molecule has 110 valence electrons. The van der Waals surface area contributed by atoms with Gasteiger partial charge in [0.15, 0.2) is 0 Å². The highest BCUT2D eigenvalue weighted by atomic mass is 79.9. The molecule has 0 amide bonds. The van der Waals surface area contributed by atoms with Crippen molar-refractivity contribution in [1.82, 2.24) is 10.3 Å². The maximum absolute atomic E-state index is 6.13. The maximum Gasteiger partial charge on any atom is 0.0783 e. The van der Waals surface area contributed by atoms with Crippen LogP contribution < -0.4 is 5.32 Å². The molecule has 0 aliphatic carbocycles. The third-order valence-corrected chi connectivity index (χ3v) is 6.14. The summed E-state index contributed by atoms with van der Waals surface area (Å²) < 4.78 is 7.16. The van der Waals surface area contributed by atoms with Crippen LogP contribution in [0.5, 0.6) is 0 Å². The molecule has 1 N–H and O–H groups in total. The second-order valence-corrected chi connectivity index (χ2v) is 7.78. The van der Waals surface area contributed by atoms with Crippen LogP contribution in [0, 0.1) is 5.92 Å². The van der Waals surface area contributed by atoms with E-state index in [9.17, 15) is 0 Å². The summed E-state index contributed by atoms with van der Waals surface area (Å²) in [5.74, 6) is 3.02. The molecule has 3 unspecified atom stereocenters. The molecule has 20 heavy (non-hydrogen) atoms. The molecule has 3 heterocycles. The molecule has 2 aliphatic heterocycles. The highest BCUT2D eigenvalue weighted by Crippen LogP contribution is 2.43. The molecular weight excluding hydrogens is 336 g/mol. The molecule has 1 aromatic heterocycles. The predicted molar refractivity (Wildman–Crippen MR) is 87.1 cm³/mol. The van der Waals surface area contributed by atoms with Gasteiger partial charge in [0.2, 0.25) is 0 Å². The summed E-state index contributed by atoms with van der Waals surface area (Å²) in [6.07, 6.45) is 5.37. The first-order chi connectivity index (χ1) is 9.72. The van der Waals surface area contributed by atoms with E-state index in [1.165, 1.54) is 12.2 Å². The maximum atomic E-state index is 6.13. The minimum absolute atomic E-state index is 0.137. The number of hydrogen-bond donors (Lipinski definition) is 1. The number of hydrogen-bond acceptors (Lipinski definition) is 4. The van der Waals surface area contributed by atoms with Crippen LogP contribution in [0.1, 0.15) is 31.0 Å². The van der Waals surface area contributed by atoms with E-state index >= 15 is 0 Å². The molecule has 0 bridgehead atoms. The van der Waals surface area contributed by atoms with Gasteiger partial charge in [-0.3, -0.25) is 4.98 Å². The molecular formula is C15H21BrN2OS. The SMILES string of the molecule is CNC(c1ccc(Br)cn1)C1CCOC2(CCSC2)C1. The molecule has 2 aliphatic rings. The summed E-state index contributed by atoms with van der Waals surface area (Å²) in [6, 6.07) is 4.53. The fourth-order valence-corrected chi connectivity index (χ4v) is 5.02. The van der Waals surface area contributed by atoms with Crippen LogP contribution >= 0.6 is 27.7 Å². The molecule has 3 atom stereocenters. The summed E-state index contributed by atoms with van der Waals surface area (Å²) in [4.78, 5) is 4.58. The van der Waals surface area contributed by atoms with Gasteiger partial charge in [-0.05, 0) is 66.0 Å². The Morgan fingerprint density at radius 1 is 1.55 bits per heavy atom. The van der Waals surface area contributed by atoms with Crippen molar-refractivity contribution in [2.24, 2.45) is 5.92 Å². The zero-order valence-corrected chi connectivity index (χ0v) is 14.2. The van der Waals surface area contributed by atoms with E-state index in [0.29, 0.717) is 12.0 Å². The normalized spacial score (nSPS) is 31.6. The fraction of sp³-hybridized carbons (Fsp3) is 0.667. The Balaban J connectivity index is 1.76. The van der Waals surface area contributed by atoms with Crippen molar-refractivity contribution in [3.63, 3.8) is 0 Å². The van der Waals surface area contributed by atoms with Crippen LogP contribution in [0.2, 0.25) is 0 Å². The minimum atomic E-state index is 0.137. The highest BCUT2D eigenvalue weighted by molar-refractivity contribution is 9.10. The first-order valence-electron chi connectivity index (χ1n) is 7.23. The lowest BCUT2D eigenvalue weighted by Crippen LogP contribution is -2.43. The van der Waals surface area contributed by atoms with Crippen LogP contribution in [0.15, 0.2) is 22.8 Å². The average Bonchev–Trinajstić information content (AvgIpc) is 2.90. The zero-order chi connectivity index (χ0) is 14.0. The molecule has 2 fully saturated rings. The van der Waals surface area contributed by atoms with E-state index in [-0.39, 0.29) is 5.60 Å². The average molecular weight is 357 g/mol. The molecule has 5 heteroatoms. The Bertz CT molecular complexity index is 448. The quantitative estimate of drug-likeness (QED) is 0.899. The first-order valence-corrected chi connectivity index (χ1v) is 9.18. The number of rotatable bonds is 3. The molecule has 0 aromatic carbocycles. The Hall–Kier alpha value is -0.100. The topological polar surface area (TPSA) is 34.2 Å². The zero-order valence-electron chi connectivity index (χ0n) is 11.8. The summed E-state index contributed by atoms with van der Waals surface area (Å²) >= 11 is 5.49. The van der Waals surface area contributed by atoms with Gasteiger partial charge in [-0.15, -0.1) is 0 Å². The highest BCUT2D eigenvalue weighted by Gasteiger charge is 2.42. The van der Waals surface area contributed by atoms with Crippen molar-refractivity contribution in [3.05, 3.63) is 28.5 Å². The van der Waals surface area contributed by atoms with Crippen molar-refractivity contribution in [3.8, 4) is 0 Å². The molecule has 0 saturated carbocycles. The van der Waals surface area contributed by atoms with Crippen molar-refractivity contribution in [2.45, 2.75) is 30.9 Å². The van der Waals surface area contributed by atoms with Crippen LogP contribution in [0.25, 0.3) is 0 Å². The first kappa shape index (κ1) is 14.8. The number of nitrogens with zero attached hydrogens (tertiary/aromatic N) is 1. The van der Waals surface area contributed by atoms with Gasteiger partial charge in [0, 0.05) is 23.0 Å². The number of ether oxygens (including phenoxy) is 1. The van der Waals surface area contributed by atoms with E-state index in [2.05, 4.69) is 38.4 Å². The third kappa shape index (κ3) is 3.06. The second kappa shape index (κ2) is 6.34. The summed E-state index contributed by atoms with van der Waals surface area (Å²) in [7, 11) is 2.04. The lowest BCUT2D eigenvalue weighted by Gasteiger charge is -2.40.